The quantitative estimate of drug-likeness (QED) is 0.324. The molecule has 164 valence electrons. The number of benzene rings is 1. The molecule has 2 N–H and O–H groups in total. The van der Waals surface area contributed by atoms with E-state index in [1.54, 1.807) is 19.0 Å². The summed E-state index contributed by atoms with van der Waals surface area (Å²) in [6.45, 7) is 8.34. The zero-order chi connectivity index (χ0) is 20.5. The maximum atomic E-state index is 12.1. The third kappa shape index (κ3) is 8.52. The molecule has 0 radical (unpaired) electrons. The van der Waals surface area contributed by atoms with E-state index in [0.717, 1.165) is 41.9 Å². The molecule has 1 saturated carbocycles. The van der Waals surface area contributed by atoms with Crippen molar-refractivity contribution in [3.8, 4) is 0 Å². The summed E-state index contributed by atoms with van der Waals surface area (Å²) in [5.41, 5.74) is 1.88. The Balaban J connectivity index is 0.00000420. The molecule has 1 aliphatic carbocycles. The van der Waals surface area contributed by atoms with Crippen molar-refractivity contribution in [1.82, 2.24) is 15.5 Å². The van der Waals surface area contributed by atoms with E-state index >= 15 is 0 Å². The zero-order valence-corrected chi connectivity index (χ0v) is 21.0. The van der Waals surface area contributed by atoms with Crippen molar-refractivity contribution >= 4 is 35.8 Å². The summed E-state index contributed by atoms with van der Waals surface area (Å²) in [6.07, 6.45) is 5.89. The molecular formula is C23H39IN4O. The van der Waals surface area contributed by atoms with Crippen LogP contribution in [0.4, 0.5) is 0 Å². The minimum Gasteiger partial charge on any atom is -0.357 e. The first-order chi connectivity index (χ1) is 13.4. The fourth-order valence-electron chi connectivity index (χ4n) is 3.86. The first-order valence-electron chi connectivity index (χ1n) is 10.8. The van der Waals surface area contributed by atoms with Crippen molar-refractivity contribution in [3.05, 3.63) is 35.4 Å². The summed E-state index contributed by atoms with van der Waals surface area (Å²) in [4.78, 5) is 18.5. The number of carbonyl (C=O) groups is 1. The molecule has 1 fully saturated rings. The Hall–Kier alpha value is -1.31. The Bertz CT molecular complexity index is 652. The van der Waals surface area contributed by atoms with Crippen LogP contribution in [0, 0.1) is 11.8 Å². The van der Waals surface area contributed by atoms with Crippen LogP contribution in [0.25, 0.3) is 0 Å². The van der Waals surface area contributed by atoms with Gasteiger partial charge < -0.3 is 15.5 Å². The summed E-state index contributed by atoms with van der Waals surface area (Å²) in [6, 6.07) is 8.38. The number of hydrogen-bond donors (Lipinski definition) is 2. The predicted molar refractivity (Wildman–Crippen MR) is 133 cm³/mol. The first-order valence-corrected chi connectivity index (χ1v) is 10.8. The van der Waals surface area contributed by atoms with Gasteiger partial charge in [0.25, 0.3) is 5.91 Å². The number of amides is 1. The minimum atomic E-state index is 0. The van der Waals surface area contributed by atoms with Crippen LogP contribution in [0.1, 0.15) is 62.4 Å². The van der Waals surface area contributed by atoms with E-state index in [0.29, 0.717) is 12.6 Å². The summed E-state index contributed by atoms with van der Waals surface area (Å²) < 4.78 is 0. The number of halogens is 1. The Labute approximate surface area is 194 Å². The van der Waals surface area contributed by atoms with Gasteiger partial charge in [-0.3, -0.25) is 9.79 Å². The third-order valence-electron chi connectivity index (χ3n) is 5.65. The lowest BCUT2D eigenvalue weighted by atomic mass is 9.80. The molecule has 0 aliphatic heterocycles. The third-order valence-corrected chi connectivity index (χ3v) is 5.65. The predicted octanol–water partition coefficient (Wildman–Crippen LogP) is 4.32. The average molecular weight is 514 g/mol. The van der Waals surface area contributed by atoms with Crippen LogP contribution in [0.2, 0.25) is 0 Å². The first kappa shape index (κ1) is 25.7. The SMILES string of the molecule is CCNC(=NCCc1cccc(C(=O)N(C)C)c1)NC1CCC(C(C)C)CC1.I. The Kier molecular flexibility index (Phi) is 11.6. The number of carbonyl (C=O) groups excluding carboxylic acids is 1. The Morgan fingerprint density at radius 3 is 2.48 bits per heavy atom. The summed E-state index contributed by atoms with van der Waals surface area (Å²) in [5, 5.41) is 7.00. The molecule has 29 heavy (non-hydrogen) atoms. The molecule has 6 heteroatoms. The second-order valence-electron chi connectivity index (χ2n) is 8.41. The fraction of sp³-hybridized carbons (Fsp3) is 0.652. The molecule has 0 bridgehead atoms. The molecule has 1 amide bonds. The van der Waals surface area contributed by atoms with E-state index < -0.39 is 0 Å². The van der Waals surface area contributed by atoms with Gasteiger partial charge in [0.05, 0.1) is 0 Å². The second kappa shape index (κ2) is 13.1. The average Bonchev–Trinajstić information content (AvgIpc) is 2.68. The lowest BCUT2D eigenvalue weighted by Gasteiger charge is -2.32. The van der Waals surface area contributed by atoms with E-state index in [-0.39, 0.29) is 29.9 Å². The van der Waals surface area contributed by atoms with Gasteiger partial charge in [-0.15, -0.1) is 24.0 Å². The highest BCUT2D eigenvalue weighted by atomic mass is 127. The van der Waals surface area contributed by atoms with Gasteiger partial charge in [0, 0.05) is 38.8 Å². The lowest BCUT2D eigenvalue weighted by molar-refractivity contribution is 0.0827. The van der Waals surface area contributed by atoms with Crippen LogP contribution in [0.3, 0.4) is 0 Å². The highest BCUT2D eigenvalue weighted by molar-refractivity contribution is 14.0. The lowest BCUT2D eigenvalue weighted by Crippen LogP contribution is -2.45. The largest absolute Gasteiger partial charge is 0.357 e. The van der Waals surface area contributed by atoms with Crippen molar-refractivity contribution in [2.45, 2.75) is 58.9 Å². The Morgan fingerprint density at radius 2 is 1.90 bits per heavy atom. The van der Waals surface area contributed by atoms with E-state index in [1.807, 2.05) is 18.2 Å². The molecule has 0 heterocycles. The van der Waals surface area contributed by atoms with E-state index in [1.165, 1.54) is 25.7 Å². The van der Waals surface area contributed by atoms with Crippen molar-refractivity contribution in [2.75, 3.05) is 27.2 Å². The molecular weight excluding hydrogens is 475 g/mol. The second-order valence-corrected chi connectivity index (χ2v) is 8.41. The van der Waals surface area contributed by atoms with Gasteiger partial charge in [-0.25, -0.2) is 0 Å². The summed E-state index contributed by atoms with van der Waals surface area (Å²) in [7, 11) is 3.56. The standard InChI is InChI=1S/C23H38N4O.HI/c1-6-24-23(26-21-12-10-19(11-13-21)17(2)3)25-15-14-18-8-7-9-20(16-18)22(28)27(4)5;/h7-9,16-17,19,21H,6,10-15H2,1-5H3,(H2,24,25,26);1H. The van der Waals surface area contributed by atoms with Crippen LogP contribution in [-0.4, -0.2) is 50.0 Å². The molecule has 1 aromatic carbocycles. The van der Waals surface area contributed by atoms with E-state index in [4.69, 9.17) is 4.99 Å². The molecule has 0 unspecified atom stereocenters. The fourth-order valence-corrected chi connectivity index (χ4v) is 3.86. The highest BCUT2D eigenvalue weighted by Gasteiger charge is 2.23. The number of nitrogens with zero attached hydrogens (tertiary/aromatic N) is 2. The van der Waals surface area contributed by atoms with Gasteiger partial charge in [0.1, 0.15) is 0 Å². The summed E-state index contributed by atoms with van der Waals surface area (Å²) in [5.74, 6) is 2.61. The van der Waals surface area contributed by atoms with Gasteiger partial charge in [0.15, 0.2) is 5.96 Å². The van der Waals surface area contributed by atoms with E-state index in [2.05, 4.69) is 37.5 Å². The number of guanidine groups is 1. The van der Waals surface area contributed by atoms with Crippen molar-refractivity contribution in [1.29, 1.82) is 0 Å². The number of hydrogen-bond acceptors (Lipinski definition) is 2. The molecule has 5 nitrogen and oxygen atoms in total. The maximum Gasteiger partial charge on any atom is 0.253 e. The molecule has 0 saturated heterocycles. The van der Waals surface area contributed by atoms with Crippen LogP contribution in [0.5, 0.6) is 0 Å². The molecule has 0 spiro atoms. The molecule has 1 aliphatic rings. The number of aliphatic imine (C=N–C) groups is 1. The summed E-state index contributed by atoms with van der Waals surface area (Å²) >= 11 is 0. The van der Waals surface area contributed by atoms with Crippen LogP contribution in [-0.2, 0) is 6.42 Å². The molecule has 0 atom stereocenters. The van der Waals surface area contributed by atoms with Gasteiger partial charge in [-0.1, -0.05) is 26.0 Å². The van der Waals surface area contributed by atoms with Crippen molar-refractivity contribution < 1.29 is 4.79 Å². The topological polar surface area (TPSA) is 56.7 Å². The number of nitrogens with one attached hydrogen (secondary N) is 2. The van der Waals surface area contributed by atoms with Gasteiger partial charge in [-0.2, -0.15) is 0 Å². The minimum absolute atomic E-state index is 0. The molecule has 1 aromatic rings. The highest BCUT2D eigenvalue weighted by Crippen LogP contribution is 2.29. The zero-order valence-electron chi connectivity index (χ0n) is 18.7. The molecule has 0 aromatic heterocycles. The van der Waals surface area contributed by atoms with Gasteiger partial charge in [0.2, 0.25) is 0 Å². The normalized spacial score (nSPS) is 19.4. The van der Waals surface area contributed by atoms with Crippen molar-refractivity contribution in [2.24, 2.45) is 16.8 Å². The molecule has 2 rings (SSSR count). The maximum absolute atomic E-state index is 12.1. The van der Waals surface area contributed by atoms with Crippen molar-refractivity contribution in [3.63, 3.8) is 0 Å². The number of rotatable bonds is 7. The van der Waals surface area contributed by atoms with Crippen LogP contribution < -0.4 is 10.6 Å². The smallest absolute Gasteiger partial charge is 0.253 e. The monoisotopic (exact) mass is 514 g/mol. The van der Waals surface area contributed by atoms with E-state index in [9.17, 15) is 4.79 Å². The van der Waals surface area contributed by atoms with Crippen LogP contribution >= 0.6 is 24.0 Å². The van der Waals surface area contributed by atoms with Gasteiger partial charge >= 0.3 is 0 Å². The van der Waals surface area contributed by atoms with Gasteiger partial charge in [-0.05, 0) is 68.6 Å². The van der Waals surface area contributed by atoms with Crippen LogP contribution in [0.15, 0.2) is 29.3 Å². The Morgan fingerprint density at radius 1 is 1.21 bits per heavy atom.